The van der Waals surface area contributed by atoms with E-state index < -0.39 is 0 Å². The molecule has 0 spiro atoms. The number of rotatable bonds is 9. The van der Waals surface area contributed by atoms with Gasteiger partial charge in [0.2, 0.25) is 0 Å². The molecule has 2 rings (SSSR count). The van der Waals surface area contributed by atoms with Gasteiger partial charge in [0.05, 0.1) is 0 Å². The molecule has 154 valence electrons. The van der Waals surface area contributed by atoms with E-state index in [2.05, 4.69) is 22.2 Å². The lowest BCUT2D eigenvalue weighted by Gasteiger charge is -2.15. The summed E-state index contributed by atoms with van der Waals surface area (Å²) in [5, 5.41) is 6.61. The predicted molar refractivity (Wildman–Crippen MR) is 118 cm³/mol. The van der Waals surface area contributed by atoms with Gasteiger partial charge in [-0.1, -0.05) is 43.0 Å². The highest BCUT2D eigenvalue weighted by molar-refractivity contribution is 5.94. The molecule has 0 aliphatic rings. The normalized spacial score (nSPS) is 10.9. The van der Waals surface area contributed by atoms with Gasteiger partial charge in [-0.2, -0.15) is 0 Å². The number of ether oxygens (including phenoxy) is 1. The quantitative estimate of drug-likeness (QED) is 0.390. The number of nitrogens with zero attached hydrogens (tertiary/aromatic N) is 2. The van der Waals surface area contributed by atoms with Gasteiger partial charge in [-0.3, -0.25) is 9.79 Å². The third-order valence-electron chi connectivity index (χ3n) is 4.29. The molecule has 0 bridgehead atoms. The lowest BCUT2D eigenvalue weighted by Crippen LogP contribution is -2.38. The van der Waals surface area contributed by atoms with E-state index in [1.165, 1.54) is 0 Å². The minimum atomic E-state index is 0.00891. The van der Waals surface area contributed by atoms with E-state index in [1.54, 1.807) is 32.1 Å². The minimum absolute atomic E-state index is 0.00891. The first-order valence-electron chi connectivity index (χ1n) is 9.62. The van der Waals surface area contributed by atoms with Gasteiger partial charge < -0.3 is 20.3 Å². The number of para-hydroxylation sites is 1. The molecule has 0 unspecified atom stereocenters. The van der Waals surface area contributed by atoms with Crippen LogP contribution in [0.1, 0.15) is 21.5 Å². The maximum absolute atomic E-state index is 12.1. The largest absolute Gasteiger partial charge is 0.489 e. The van der Waals surface area contributed by atoms with E-state index in [-0.39, 0.29) is 5.91 Å². The third-order valence-corrected chi connectivity index (χ3v) is 4.29. The van der Waals surface area contributed by atoms with Crippen molar-refractivity contribution in [2.75, 3.05) is 34.3 Å². The van der Waals surface area contributed by atoms with Gasteiger partial charge >= 0.3 is 0 Å². The second kappa shape index (κ2) is 11.5. The van der Waals surface area contributed by atoms with Crippen molar-refractivity contribution < 1.29 is 9.53 Å². The number of hydrogen-bond acceptors (Lipinski definition) is 3. The SMILES string of the molecule is C=CCOc1ccccc1CNC(=NC)NCCc1cccc(C(=O)N(C)C)c1. The summed E-state index contributed by atoms with van der Waals surface area (Å²) in [5.74, 6) is 1.55. The Hall–Kier alpha value is -3.28. The number of amides is 1. The standard InChI is InChI=1S/C23H30N4O2/c1-5-15-29-21-12-7-6-10-20(21)17-26-23(24-2)25-14-13-18-9-8-11-19(16-18)22(28)27(3)4/h5-12,16H,1,13-15,17H2,2-4H3,(H2,24,25,26). The van der Waals surface area contributed by atoms with Crippen LogP contribution in [0.5, 0.6) is 5.75 Å². The molecule has 0 atom stereocenters. The summed E-state index contributed by atoms with van der Waals surface area (Å²) in [6.07, 6.45) is 2.51. The van der Waals surface area contributed by atoms with Crippen LogP contribution in [-0.4, -0.2) is 51.1 Å². The van der Waals surface area contributed by atoms with Crippen LogP contribution in [0.25, 0.3) is 0 Å². The average Bonchev–Trinajstić information content (AvgIpc) is 2.74. The smallest absolute Gasteiger partial charge is 0.253 e. The van der Waals surface area contributed by atoms with E-state index in [0.29, 0.717) is 31.2 Å². The summed E-state index contributed by atoms with van der Waals surface area (Å²) in [6.45, 7) is 5.46. The zero-order valence-corrected chi connectivity index (χ0v) is 17.4. The van der Waals surface area contributed by atoms with Crippen LogP contribution in [0, 0.1) is 0 Å². The van der Waals surface area contributed by atoms with Crippen LogP contribution in [0.2, 0.25) is 0 Å². The lowest BCUT2D eigenvalue weighted by atomic mass is 10.1. The van der Waals surface area contributed by atoms with Crippen LogP contribution < -0.4 is 15.4 Å². The average molecular weight is 395 g/mol. The van der Waals surface area contributed by atoms with E-state index in [1.807, 2.05) is 48.5 Å². The van der Waals surface area contributed by atoms with E-state index in [0.717, 1.165) is 23.3 Å². The Kier molecular flexibility index (Phi) is 8.76. The molecule has 0 aromatic heterocycles. The number of hydrogen-bond donors (Lipinski definition) is 2. The molecule has 1 amide bonds. The Bertz CT molecular complexity index is 846. The van der Waals surface area contributed by atoms with Gasteiger partial charge in [0.1, 0.15) is 12.4 Å². The number of benzene rings is 2. The number of carbonyl (C=O) groups excluding carboxylic acids is 1. The van der Waals surface area contributed by atoms with Gasteiger partial charge in [-0.05, 0) is 30.2 Å². The zero-order chi connectivity index (χ0) is 21.1. The van der Waals surface area contributed by atoms with Gasteiger partial charge in [0, 0.05) is 45.4 Å². The fourth-order valence-corrected chi connectivity index (χ4v) is 2.78. The molecular weight excluding hydrogens is 364 g/mol. The first kappa shape index (κ1) is 22.0. The van der Waals surface area contributed by atoms with Gasteiger partial charge in [-0.25, -0.2) is 0 Å². The highest BCUT2D eigenvalue weighted by Crippen LogP contribution is 2.17. The van der Waals surface area contributed by atoms with E-state index in [9.17, 15) is 4.79 Å². The van der Waals surface area contributed by atoms with Crippen molar-refractivity contribution in [3.05, 3.63) is 77.9 Å². The summed E-state index contributed by atoms with van der Waals surface area (Å²) in [6, 6.07) is 15.6. The summed E-state index contributed by atoms with van der Waals surface area (Å²) < 4.78 is 5.69. The molecule has 29 heavy (non-hydrogen) atoms. The second-order valence-corrected chi connectivity index (χ2v) is 6.71. The molecule has 0 radical (unpaired) electrons. The number of guanidine groups is 1. The Balaban J connectivity index is 1.87. The highest BCUT2D eigenvalue weighted by Gasteiger charge is 2.08. The zero-order valence-electron chi connectivity index (χ0n) is 17.4. The molecule has 0 saturated heterocycles. The van der Waals surface area contributed by atoms with Crippen LogP contribution >= 0.6 is 0 Å². The summed E-state index contributed by atoms with van der Waals surface area (Å²) in [7, 11) is 5.26. The lowest BCUT2D eigenvalue weighted by molar-refractivity contribution is 0.0827. The Morgan fingerprint density at radius 2 is 1.97 bits per heavy atom. The van der Waals surface area contributed by atoms with Crippen molar-refractivity contribution in [3.8, 4) is 5.75 Å². The third kappa shape index (κ3) is 6.99. The van der Waals surface area contributed by atoms with E-state index >= 15 is 0 Å². The number of aliphatic imine (C=N–C) groups is 1. The topological polar surface area (TPSA) is 66.0 Å². The van der Waals surface area contributed by atoms with Gasteiger partial charge in [0.15, 0.2) is 5.96 Å². The van der Waals surface area contributed by atoms with E-state index in [4.69, 9.17) is 4.74 Å². The van der Waals surface area contributed by atoms with Crippen molar-refractivity contribution in [2.24, 2.45) is 4.99 Å². The molecule has 0 fully saturated rings. The predicted octanol–water partition coefficient (Wildman–Crippen LogP) is 2.86. The first-order chi connectivity index (χ1) is 14.0. The Labute approximate surface area is 173 Å². The van der Waals surface area contributed by atoms with Crippen LogP contribution in [0.15, 0.2) is 66.2 Å². The van der Waals surface area contributed by atoms with Gasteiger partial charge in [-0.15, -0.1) is 0 Å². The molecule has 6 nitrogen and oxygen atoms in total. The molecule has 6 heteroatoms. The number of carbonyl (C=O) groups is 1. The fraction of sp³-hybridized carbons (Fsp3) is 0.304. The molecule has 2 aromatic carbocycles. The maximum Gasteiger partial charge on any atom is 0.253 e. The van der Waals surface area contributed by atoms with Crippen molar-refractivity contribution in [1.82, 2.24) is 15.5 Å². The van der Waals surface area contributed by atoms with Crippen LogP contribution in [0.4, 0.5) is 0 Å². The molecule has 0 heterocycles. The number of nitrogens with one attached hydrogen (secondary N) is 2. The van der Waals surface area contributed by atoms with Crippen molar-refractivity contribution >= 4 is 11.9 Å². The van der Waals surface area contributed by atoms with Gasteiger partial charge in [0.25, 0.3) is 5.91 Å². The Morgan fingerprint density at radius 3 is 2.69 bits per heavy atom. The summed E-state index contributed by atoms with van der Waals surface area (Å²) in [4.78, 5) is 18.0. The minimum Gasteiger partial charge on any atom is -0.489 e. The van der Waals surface area contributed by atoms with Crippen LogP contribution in [0.3, 0.4) is 0 Å². The molecular formula is C23H30N4O2. The molecule has 0 aliphatic heterocycles. The monoisotopic (exact) mass is 394 g/mol. The van der Waals surface area contributed by atoms with Crippen molar-refractivity contribution in [2.45, 2.75) is 13.0 Å². The molecule has 0 saturated carbocycles. The molecule has 2 aromatic rings. The summed E-state index contributed by atoms with van der Waals surface area (Å²) in [5.41, 5.74) is 2.85. The second-order valence-electron chi connectivity index (χ2n) is 6.71. The van der Waals surface area contributed by atoms with Crippen molar-refractivity contribution in [1.29, 1.82) is 0 Å². The Morgan fingerprint density at radius 1 is 1.17 bits per heavy atom. The first-order valence-corrected chi connectivity index (χ1v) is 9.62. The van der Waals surface area contributed by atoms with Crippen LogP contribution in [-0.2, 0) is 13.0 Å². The maximum atomic E-state index is 12.1. The fourth-order valence-electron chi connectivity index (χ4n) is 2.78. The molecule has 2 N–H and O–H groups in total. The van der Waals surface area contributed by atoms with Crippen molar-refractivity contribution in [3.63, 3.8) is 0 Å². The summed E-state index contributed by atoms with van der Waals surface area (Å²) >= 11 is 0. The highest BCUT2D eigenvalue weighted by atomic mass is 16.5. The molecule has 0 aliphatic carbocycles.